The molecule has 156 valence electrons. The van der Waals surface area contributed by atoms with Crippen LogP contribution in [0.5, 0.6) is 0 Å². The van der Waals surface area contributed by atoms with Gasteiger partial charge in [0.1, 0.15) is 0 Å². The summed E-state index contributed by atoms with van der Waals surface area (Å²) in [4.78, 5) is 49.6. The number of hydrogen-bond donors (Lipinski definition) is 2. The third-order valence-corrected chi connectivity index (χ3v) is 5.48. The molecule has 2 aliphatic rings. The molecule has 1 heterocycles. The van der Waals surface area contributed by atoms with Gasteiger partial charge in [-0.05, 0) is 43.4 Å². The van der Waals surface area contributed by atoms with Gasteiger partial charge >= 0.3 is 12.0 Å². The first-order valence-corrected chi connectivity index (χ1v) is 10.1. The third-order valence-electron chi connectivity index (χ3n) is 5.48. The summed E-state index contributed by atoms with van der Waals surface area (Å²) < 4.78 is 5.01. The molecule has 1 saturated carbocycles. The number of rotatable bonds is 5. The normalized spacial score (nSPS) is 21.6. The molecule has 2 atom stereocenters. The van der Waals surface area contributed by atoms with Gasteiger partial charge in [-0.15, -0.1) is 0 Å². The SMILES string of the molecule is C[C@@H]1CCCC[C@H]1NC(=O)NC(=O)COC(=O)c1cccc(N2CCCC2=O)c1. The number of urea groups is 1. The van der Waals surface area contributed by atoms with Gasteiger partial charge in [0, 0.05) is 24.7 Å². The van der Waals surface area contributed by atoms with Crippen LogP contribution in [0.25, 0.3) is 0 Å². The number of nitrogens with zero attached hydrogens (tertiary/aromatic N) is 1. The first kappa shape index (κ1) is 20.8. The molecule has 1 aromatic rings. The summed E-state index contributed by atoms with van der Waals surface area (Å²) in [7, 11) is 0. The highest BCUT2D eigenvalue weighted by atomic mass is 16.5. The van der Waals surface area contributed by atoms with E-state index in [1.54, 1.807) is 29.2 Å². The summed E-state index contributed by atoms with van der Waals surface area (Å²) in [5, 5.41) is 5.01. The predicted molar refractivity (Wildman–Crippen MR) is 106 cm³/mol. The van der Waals surface area contributed by atoms with E-state index in [-0.39, 0.29) is 17.5 Å². The number of carbonyl (C=O) groups excluding carboxylic acids is 4. The van der Waals surface area contributed by atoms with E-state index in [1.165, 1.54) is 0 Å². The number of imide groups is 1. The molecule has 1 aromatic carbocycles. The van der Waals surface area contributed by atoms with Crippen molar-refractivity contribution in [1.82, 2.24) is 10.6 Å². The molecule has 8 nitrogen and oxygen atoms in total. The Kier molecular flexibility index (Phi) is 6.85. The molecule has 1 saturated heterocycles. The number of nitrogens with one attached hydrogen (secondary N) is 2. The van der Waals surface area contributed by atoms with Gasteiger partial charge in [0.05, 0.1) is 5.56 Å². The van der Waals surface area contributed by atoms with Crippen LogP contribution in [0.15, 0.2) is 24.3 Å². The Labute approximate surface area is 170 Å². The van der Waals surface area contributed by atoms with Gasteiger partial charge in [-0.1, -0.05) is 25.8 Å². The van der Waals surface area contributed by atoms with Crippen LogP contribution in [0.4, 0.5) is 10.5 Å². The Balaban J connectivity index is 1.47. The van der Waals surface area contributed by atoms with Crippen molar-refractivity contribution in [2.75, 3.05) is 18.1 Å². The highest BCUT2D eigenvalue weighted by Gasteiger charge is 2.24. The Morgan fingerprint density at radius 2 is 1.97 bits per heavy atom. The van der Waals surface area contributed by atoms with E-state index >= 15 is 0 Å². The molecule has 2 N–H and O–H groups in total. The summed E-state index contributed by atoms with van der Waals surface area (Å²) in [6.07, 6.45) is 5.45. The second kappa shape index (κ2) is 9.54. The van der Waals surface area contributed by atoms with Crippen LogP contribution >= 0.6 is 0 Å². The summed E-state index contributed by atoms with van der Waals surface area (Å²) in [6.45, 7) is 2.14. The van der Waals surface area contributed by atoms with Gasteiger partial charge in [-0.25, -0.2) is 9.59 Å². The van der Waals surface area contributed by atoms with Crippen LogP contribution in [0.2, 0.25) is 0 Å². The minimum Gasteiger partial charge on any atom is -0.452 e. The molecule has 29 heavy (non-hydrogen) atoms. The lowest BCUT2D eigenvalue weighted by atomic mass is 9.86. The maximum Gasteiger partial charge on any atom is 0.338 e. The lowest BCUT2D eigenvalue weighted by molar-refractivity contribution is -0.123. The smallest absolute Gasteiger partial charge is 0.338 e. The van der Waals surface area contributed by atoms with E-state index in [9.17, 15) is 19.2 Å². The molecular weight excluding hydrogens is 374 g/mol. The van der Waals surface area contributed by atoms with E-state index < -0.39 is 24.5 Å². The number of esters is 1. The van der Waals surface area contributed by atoms with Crippen LogP contribution in [0, 0.1) is 5.92 Å². The van der Waals surface area contributed by atoms with Crippen molar-refractivity contribution in [1.29, 1.82) is 0 Å². The molecule has 0 spiro atoms. The molecule has 1 aliphatic carbocycles. The molecule has 0 radical (unpaired) electrons. The van der Waals surface area contributed by atoms with Crippen LogP contribution in [-0.2, 0) is 14.3 Å². The van der Waals surface area contributed by atoms with Gasteiger partial charge in [0.2, 0.25) is 5.91 Å². The number of amides is 4. The van der Waals surface area contributed by atoms with Crippen molar-refractivity contribution in [2.45, 2.75) is 51.5 Å². The van der Waals surface area contributed by atoms with E-state index in [0.29, 0.717) is 24.6 Å². The average molecular weight is 401 g/mol. The molecular formula is C21H27N3O5. The molecule has 0 bridgehead atoms. The summed E-state index contributed by atoms with van der Waals surface area (Å²) >= 11 is 0. The van der Waals surface area contributed by atoms with Crippen LogP contribution < -0.4 is 15.5 Å². The number of anilines is 1. The predicted octanol–water partition coefficient (Wildman–Crippen LogP) is 2.37. The van der Waals surface area contributed by atoms with E-state index in [2.05, 4.69) is 17.6 Å². The van der Waals surface area contributed by atoms with Gasteiger partial charge < -0.3 is 15.0 Å². The first-order chi connectivity index (χ1) is 13.9. The Morgan fingerprint density at radius 3 is 2.69 bits per heavy atom. The number of carbonyl (C=O) groups is 4. The Hall–Kier alpha value is -2.90. The fourth-order valence-corrected chi connectivity index (χ4v) is 3.83. The van der Waals surface area contributed by atoms with Crippen LogP contribution in [0.3, 0.4) is 0 Å². The van der Waals surface area contributed by atoms with Crippen molar-refractivity contribution in [3.8, 4) is 0 Å². The van der Waals surface area contributed by atoms with Gasteiger partial charge in [-0.2, -0.15) is 0 Å². The molecule has 1 aliphatic heterocycles. The topological polar surface area (TPSA) is 105 Å². The molecule has 0 aromatic heterocycles. The summed E-state index contributed by atoms with van der Waals surface area (Å²) in [6, 6.07) is 6.02. The summed E-state index contributed by atoms with van der Waals surface area (Å²) in [5.41, 5.74) is 0.878. The highest BCUT2D eigenvalue weighted by Crippen LogP contribution is 2.24. The van der Waals surface area contributed by atoms with Crippen molar-refractivity contribution in [3.05, 3.63) is 29.8 Å². The van der Waals surface area contributed by atoms with E-state index in [4.69, 9.17) is 4.74 Å². The van der Waals surface area contributed by atoms with E-state index in [0.717, 1.165) is 32.1 Å². The monoisotopic (exact) mass is 401 g/mol. The Morgan fingerprint density at radius 1 is 1.17 bits per heavy atom. The standard InChI is InChI=1S/C21H27N3O5/c1-14-6-2-3-9-17(14)22-21(28)23-18(25)13-29-20(27)15-7-4-8-16(12-15)24-11-5-10-19(24)26/h4,7-8,12,14,17H,2-3,5-6,9-11,13H2,1H3,(H2,22,23,25,28)/t14-,17-/m1/s1. The van der Waals surface area contributed by atoms with Crippen molar-refractivity contribution < 1.29 is 23.9 Å². The average Bonchev–Trinajstić information content (AvgIpc) is 3.14. The molecule has 3 rings (SSSR count). The largest absolute Gasteiger partial charge is 0.452 e. The fourth-order valence-electron chi connectivity index (χ4n) is 3.83. The van der Waals surface area contributed by atoms with Crippen molar-refractivity contribution in [3.63, 3.8) is 0 Å². The minimum atomic E-state index is -0.690. The lowest BCUT2D eigenvalue weighted by Gasteiger charge is -2.29. The zero-order valence-electron chi connectivity index (χ0n) is 16.6. The molecule has 8 heteroatoms. The second-order valence-corrected chi connectivity index (χ2v) is 7.67. The number of hydrogen-bond acceptors (Lipinski definition) is 5. The fraction of sp³-hybridized carbons (Fsp3) is 0.524. The molecule has 2 fully saturated rings. The van der Waals surface area contributed by atoms with Gasteiger partial charge in [0.15, 0.2) is 6.61 Å². The third kappa shape index (κ3) is 5.56. The quantitative estimate of drug-likeness (QED) is 0.737. The maximum atomic E-state index is 12.2. The first-order valence-electron chi connectivity index (χ1n) is 10.1. The zero-order valence-corrected chi connectivity index (χ0v) is 16.6. The highest BCUT2D eigenvalue weighted by molar-refractivity contribution is 5.99. The molecule has 4 amide bonds. The van der Waals surface area contributed by atoms with E-state index in [1.807, 2.05) is 0 Å². The zero-order chi connectivity index (χ0) is 20.8. The lowest BCUT2D eigenvalue weighted by Crippen LogP contribution is -2.48. The number of ether oxygens (including phenoxy) is 1. The van der Waals surface area contributed by atoms with Crippen LogP contribution in [0.1, 0.15) is 55.8 Å². The van der Waals surface area contributed by atoms with Crippen molar-refractivity contribution in [2.24, 2.45) is 5.92 Å². The summed E-state index contributed by atoms with van der Waals surface area (Å²) in [5.74, 6) is -0.981. The van der Waals surface area contributed by atoms with Crippen LogP contribution in [-0.4, -0.2) is 43.0 Å². The van der Waals surface area contributed by atoms with Crippen molar-refractivity contribution >= 4 is 29.5 Å². The second-order valence-electron chi connectivity index (χ2n) is 7.67. The Bertz CT molecular complexity index is 794. The minimum absolute atomic E-state index is 0.0215. The van der Waals surface area contributed by atoms with Gasteiger partial charge in [-0.3, -0.25) is 14.9 Å². The maximum absolute atomic E-state index is 12.2. The molecule has 0 unspecified atom stereocenters. The number of benzene rings is 1. The van der Waals surface area contributed by atoms with Gasteiger partial charge in [0.25, 0.3) is 5.91 Å².